The Kier molecular flexibility index (Phi) is 9.29. The van der Waals surface area contributed by atoms with Crippen molar-refractivity contribution < 1.29 is 14.2 Å². The van der Waals surface area contributed by atoms with Crippen LogP contribution in [0.4, 0.5) is 0 Å². The van der Waals surface area contributed by atoms with Crippen molar-refractivity contribution in [3.8, 4) is 11.5 Å². The summed E-state index contributed by atoms with van der Waals surface area (Å²) in [7, 11) is 0. The summed E-state index contributed by atoms with van der Waals surface area (Å²) in [6.45, 7) is 15.0. The fourth-order valence-electron chi connectivity index (χ4n) is 3.42. The molecule has 0 aromatic heterocycles. The molecule has 1 fully saturated rings. The zero-order valence-corrected chi connectivity index (χ0v) is 20.3. The Morgan fingerprint density at radius 3 is 2.62 bits per heavy atom. The van der Waals surface area contributed by atoms with Gasteiger partial charge in [0.25, 0.3) is 0 Å². The van der Waals surface area contributed by atoms with E-state index in [-0.39, 0.29) is 29.4 Å². The molecular weight excluding hydrogens is 483 g/mol. The van der Waals surface area contributed by atoms with Gasteiger partial charge in [0.2, 0.25) is 6.79 Å². The Morgan fingerprint density at radius 2 is 1.90 bits per heavy atom. The highest BCUT2D eigenvalue weighted by molar-refractivity contribution is 14.0. The Balaban J connectivity index is 0.00000300. The van der Waals surface area contributed by atoms with Crippen molar-refractivity contribution in [2.45, 2.75) is 39.2 Å². The van der Waals surface area contributed by atoms with Crippen molar-refractivity contribution in [1.82, 2.24) is 15.5 Å². The van der Waals surface area contributed by atoms with Crippen molar-refractivity contribution in [3.05, 3.63) is 23.8 Å². The van der Waals surface area contributed by atoms with Crippen LogP contribution in [-0.2, 0) is 10.2 Å². The Labute approximate surface area is 191 Å². The SMILES string of the molecule is CCNC(=NCC(C)(C)c1ccc2c(c1)OCO2)NCC(C)N1CCOCC1.I. The van der Waals surface area contributed by atoms with Crippen LogP contribution in [0.25, 0.3) is 0 Å². The van der Waals surface area contributed by atoms with E-state index in [1.165, 1.54) is 5.56 Å². The number of guanidine groups is 1. The quantitative estimate of drug-likeness (QED) is 0.329. The number of halogens is 1. The summed E-state index contributed by atoms with van der Waals surface area (Å²) >= 11 is 0. The Hall–Kier alpha value is -1.26. The lowest BCUT2D eigenvalue weighted by molar-refractivity contribution is 0.0211. The number of benzene rings is 1. The molecule has 1 atom stereocenters. The van der Waals surface area contributed by atoms with Crippen LogP contribution < -0.4 is 20.1 Å². The molecule has 2 aliphatic heterocycles. The molecule has 0 radical (unpaired) electrons. The van der Waals surface area contributed by atoms with E-state index in [0.717, 1.165) is 56.9 Å². The normalized spacial score (nSPS) is 18.1. The first-order valence-corrected chi connectivity index (χ1v) is 10.2. The van der Waals surface area contributed by atoms with Gasteiger partial charge in [0.1, 0.15) is 0 Å². The van der Waals surface area contributed by atoms with Crippen molar-refractivity contribution in [3.63, 3.8) is 0 Å². The Morgan fingerprint density at radius 1 is 1.17 bits per heavy atom. The van der Waals surface area contributed by atoms with Crippen LogP contribution in [0.3, 0.4) is 0 Å². The fourth-order valence-corrected chi connectivity index (χ4v) is 3.42. The fraction of sp³-hybridized carbons (Fsp3) is 0.667. The van der Waals surface area contributed by atoms with Crippen LogP contribution in [0, 0.1) is 0 Å². The molecule has 0 bridgehead atoms. The number of aliphatic imine (C=N–C) groups is 1. The highest BCUT2D eigenvalue weighted by Crippen LogP contribution is 2.36. The van der Waals surface area contributed by atoms with Gasteiger partial charge < -0.3 is 24.8 Å². The van der Waals surface area contributed by atoms with E-state index in [4.69, 9.17) is 19.2 Å². The molecule has 2 aliphatic rings. The number of nitrogens with zero attached hydrogens (tertiary/aromatic N) is 2. The van der Waals surface area contributed by atoms with Crippen LogP contribution in [0.5, 0.6) is 11.5 Å². The summed E-state index contributed by atoms with van der Waals surface area (Å²) in [6.07, 6.45) is 0. The van der Waals surface area contributed by atoms with Gasteiger partial charge in [-0.3, -0.25) is 9.89 Å². The number of rotatable bonds is 7. The third kappa shape index (κ3) is 6.62. The summed E-state index contributed by atoms with van der Waals surface area (Å²) in [5.74, 6) is 2.49. The lowest BCUT2D eigenvalue weighted by atomic mass is 9.84. The highest BCUT2D eigenvalue weighted by Gasteiger charge is 2.24. The monoisotopic (exact) mass is 518 g/mol. The van der Waals surface area contributed by atoms with E-state index in [0.29, 0.717) is 19.4 Å². The molecule has 7 nitrogen and oxygen atoms in total. The van der Waals surface area contributed by atoms with Gasteiger partial charge in [0, 0.05) is 37.6 Å². The van der Waals surface area contributed by atoms with Crippen molar-refractivity contribution >= 4 is 29.9 Å². The molecular formula is C21H35IN4O3. The van der Waals surface area contributed by atoms with Gasteiger partial charge in [0.15, 0.2) is 17.5 Å². The first-order valence-electron chi connectivity index (χ1n) is 10.2. The van der Waals surface area contributed by atoms with Crippen LogP contribution in [0.15, 0.2) is 23.2 Å². The van der Waals surface area contributed by atoms with Gasteiger partial charge in [-0.1, -0.05) is 19.9 Å². The van der Waals surface area contributed by atoms with Gasteiger partial charge in [0.05, 0.1) is 19.8 Å². The van der Waals surface area contributed by atoms with Crippen LogP contribution in [0.1, 0.15) is 33.3 Å². The largest absolute Gasteiger partial charge is 0.454 e. The van der Waals surface area contributed by atoms with E-state index in [1.807, 2.05) is 6.07 Å². The second kappa shape index (κ2) is 11.2. The maximum Gasteiger partial charge on any atom is 0.231 e. The third-order valence-corrected chi connectivity index (χ3v) is 5.36. The summed E-state index contributed by atoms with van der Waals surface area (Å²) < 4.78 is 16.4. The molecule has 2 heterocycles. The number of hydrogen-bond acceptors (Lipinski definition) is 5. The van der Waals surface area contributed by atoms with Crippen LogP contribution in [0.2, 0.25) is 0 Å². The number of morpholine rings is 1. The van der Waals surface area contributed by atoms with E-state index in [9.17, 15) is 0 Å². The minimum absolute atomic E-state index is 0. The summed E-state index contributed by atoms with van der Waals surface area (Å²) in [5.41, 5.74) is 1.08. The third-order valence-electron chi connectivity index (χ3n) is 5.36. The second-order valence-corrected chi connectivity index (χ2v) is 8.03. The van der Waals surface area contributed by atoms with E-state index in [1.54, 1.807) is 0 Å². The van der Waals surface area contributed by atoms with Crippen LogP contribution in [-0.4, -0.2) is 69.6 Å². The number of hydrogen-bond donors (Lipinski definition) is 2. The summed E-state index contributed by atoms with van der Waals surface area (Å²) in [5, 5.41) is 6.85. The number of ether oxygens (including phenoxy) is 3. The molecule has 1 saturated heterocycles. The molecule has 3 rings (SSSR count). The number of fused-ring (bicyclic) bond motifs is 1. The topological polar surface area (TPSA) is 67.4 Å². The molecule has 2 N–H and O–H groups in total. The molecule has 0 aliphatic carbocycles. The van der Waals surface area contributed by atoms with Gasteiger partial charge >= 0.3 is 0 Å². The average Bonchev–Trinajstić information content (AvgIpc) is 3.18. The molecule has 1 aromatic rings. The van der Waals surface area contributed by atoms with E-state index in [2.05, 4.69) is 55.4 Å². The molecule has 8 heteroatoms. The maximum absolute atomic E-state index is 5.52. The van der Waals surface area contributed by atoms with Gasteiger partial charge in [-0.15, -0.1) is 24.0 Å². The lowest BCUT2D eigenvalue weighted by Gasteiger charge is -2.32. The molecule has 0 spiro atoms. The predicted molar refractivity (Wildman–Crippen MR) is 127 cm³/mol. The van der Waals surface area contributed by atoms with Crippen molar-refractivity contribution in [1.29, 1.82) is 0 Å². The molecule has 0 amide bonds. The lowest BCUT2D eigenvalue weighted by Crippen LogP contribution is -2.49. The molecule has 1 unspecified atom stereocenters. The standard InChI is InChI=1S/C21H34N4O3.HI/c1-5-22-20(23-13-16(2)25-8-10-26-11-9-25)24-14-21(3,4)17-6-7-18-19(12-17)28-15-27-18;/h6-7,12,16H,5,8-11,13-15H2,1-4H3,(H2,22,23,24);1H. The smallest absolute Gasteiger partial charge is 0.231 e. The zero-order valence-electron chi connectivity index (χ0n) is 18.0. The van der Waals surface area contributed by atoms with Gasteiger partial charge in [-0.2, -0.15) is 0 Å². The molecule has 164 valence electrons. The molecule has 0 saturated carbocycles. The molecule has 29 heavy (non-hydrogen) atoms. The van der Waals surface area contributed by atoms with Gasteiger partial charge in [-0.05, 0) is 31.5 Å². The minimum Gasteiger partial charge on any atom is -0.454 e. The Bertz CT molecular complexity index is 678. The second-order valence-electron chi connectivity index (χ2n) is 8.03. The van der Waals surface area contributed by atoms with Gasteiger partial charge in [-0.25, -0.2) is 0 Å². The van der Waals surface area contributed by atoms with E-state index >= 15 is 0 Å². The first-order chi connectivity index (χ1) is 13.5. The maximum atomic E-state index is 5.52. The first kappa shape index (κ1) is 24.0. The number of nitrogens with one attached hydrogen (secondary N) is 2. The summed E-state index contributed by atoms with van der Waals surface area (Å²) in [4.78, 5) is 7.31. The van der Waals surface area contributed by atoms with Crippen LogP contribution >= 0.6 is 24.0 Å². The van der Waals surface area contributed by atoms with Crippen molar-refractivity contribution in [2.24, 2.45) is 4.99 Å². The zero-order chi connectivity index (χ0) is 20.0. The highest BCUT2D eigenvalue weighted by atomic mass is 127. The van der Waals surface area contributed by atoms with Crippen molar-refractivity contribution in [2.75, 3.05) is 52.7 Å². The molecule has 1 aromatic carbocycles. The average molecular weight is 518 g/mol. The van der Waals surface area contributed by atoms with E-state index < -0.39 is 0 Å². The predicted octanol–water partition coefficient (Wildman–Crippen LogP) is 2.59. The minimum atomic E-state index is -0.112. The summed E-state index contributed by atoms with van der Waals surface area (Å²) in [6, 6.07) is 6.59.